The third-order valence-corrected chi connectivity index (χ3v) is 4.12. The quantitative estimate of drug-likeness (QED) is 0.701. The highest BCUT2D eigenvalue weighted by atomic mass is 16.3. The van der Waals surface area contributed by atoms with Crippen molar-refractivity contribution in [2.45, 2.75) is 38.6 Å². The fourth-order valence-corrected chi connectivity index (χ4v) is 2.85. The van der Waals surface area contributed by atoms with Crippen molar-refractivity contribution >= 4 is 5.69 Å². The van der Waals surface area contributed by atoms with Crippen LogP contribution in [0.3, 0.4) is 0 Å². The molecule has 0 heterocycles. The highest BCUT2D eigenvalue weighted by Gasteiger charge is 2.30. The van der Waals surface area contributed by atoms with Gasteiger partial charge in [-0.25, -0.2) is 0 Å². The summed E-state index contributed by atoms with van der Waals surface area (Å²) in [7, 11) is 0. The summed E-state index contributed by atoms with van der Waals surface area (Å²) in [5, 5.41) is 13.1. The van der Waals surface area contributed by atoms with Gasteiger partial charge in [-0.05, 0) is 24.5 Å². The van der Waals surface area contributed by atoms with Gasteiger partial charge in [0, 0.05) is 30.8 Å². The van der Waals surface area contributed by atoms with Crippen LogP contribution in [0.4, 0.5) is 5.69 Å². The Labute approximate surface area is 109 Å². The molecule has 3 nitrogen and oxygen atoms in total. The number of nitrogens with two attached hydrogens (primary N) is 1. The largest absolute Gasteiger partial charge is 0.398 e. The van der Waals surface area contributed by atoms with Crippen LogP contribution in [0.25, 0.3) is 0 Å². The van der Waals surface area contributed by atoms with Gasteiger partial charge < -0.3 is 16.2 Å². The second-order valence-corrected chi connectivity index (χ2v) is 5.52. The number of benzene rings is 1. The van der Waals surface area contributed by atoms with Gasteiger partial charge in [-0.1, -0.05) is 37.5 Å². The van der Waals surface area contributed by atoms with Crippen molar-refractivity contribution in [1.29, 1.82) is 0 Å². The molecule has 0 radical (unpaired) electrons. The normalized spacial score (nSPS) is 18.7. The molecular formula is C15H24N2O. The predicted molar refractivity (Wildman–Crippen MR) is 75.2 cm³/mol. The third-order valence-electron chi connectivity index (χ3n) is 4.12. The Bertz CT molecular complexity index is 373. The number of aliphatic hydroxyl groups excluding tert-OH is 1. The van der Waals surface area contributed by atoms with Gasteiger partial charge in [0.1, 0.15) is 0 Å². The van der Waals surface area contributed by atoms with Crippen molar-refractivity contribution in [2.75, 3.05) is 18.9 Å². The fourth-order valence-electron chi connectivity index (χ4n) is 2.85. The Morgan fingerprint density at radius 1 is 1.17 bits per heavy atom. The zero-order valence-electron chi connectivity index (χ0n) is 11.0. The second-order valence-electron chi connectivity index (χ2n) is 5.52. The molecule has 1 aliphatic carbocycles. The number of hydrogen-bond donors (Lipinski definition) is 3. The first-order valence-electron chi connectivity index (χ1n) is 6.91. The number of anilines is 1. The van der Waals surface area contributed by atoms with Crippen molar-refractivity contribution < 1.29 is 5.11 Å². The predicted octanol–water partition coefficient (Wildman–Crippen LogP) is 2.30. The van der Waals surface area contributed by atoms with Crippen LogP contribution in [-0.2, 0) is 6.54 Å². The molecule has 4 N–H and O–H groups in total. The minimum atomic E-state index is 0.0990. The zero-order valence-corrected chi connectivity index (χ0v) is 11.0. The highest BCUT2D eigenvalue weighted by Crippen LogP contribution is 2.35. The molecule has 0 aliphatic heterocycles. The Morgan fingerprint density at radius 2 is 1.89 bits per heavy atom. The molecule has 0 atom stereocenters. The summed E-state index contributed by atoms with van der Waals surface area (Å²) in [6, 6.07) is 7.94. The smallest absolute Gasteiger partial charge is 0.0499 e. The van der Waals surface area contributed by atoms with Crippen LogP contribution < -0.4 is 11.1 Å². The fraction of sp³-hybridized carbons (Fsp3) is 0.600. The highest BCUT2D eigenvalue weighted by molar-refractivity contribution is 5.46. The van der Waals surface area contributed by atoms with Crippen LogP contribution >= 0.6 is 0 Å². The van der Waals surface area contributed by atoms with E-state index < -0.39 is 0 Å². The molecule has 0 saturated heterocycles. The minimum absolute atomic E-state index is 0.0990. The summed E-state index contributed by atoms with van der Waals surface area (Å²) in [6.07, 6.45) is 6.08. The summed E-state index contributed by atoms with van der Waals surface area (Å²) in [4.78, 5) is 0. The van der Waals surface area contributed by atoms with Crippen LogP contribution in [0.5, 0.6) is 0 Å². The molecule has 2 rings (SSSR count). The van der Waals surface area contributed by atoms with Crippen LogP contribution in [0, 0.1) is 5.41 Å². The van der Waals surface area contributed by atoms with Crippen molar-refractivity contribution in [2.24, 2.45) is 5.41 Å². The maximum atomic E-state index is 9.63. The Hall–Kier alpha value is -1.06. The van der Waals surface area contributed by atoms with Gasteiger partial charge in [0.05, 0.1) is 0 Å². The number of para-hydroxylation sites is 1. The lowest BCUT2D eigenvalue weighted by Gasteiger charge is -2.35. The molecule has 0 aromatic heterocycles. The van der Waals surface area contributed by atoms with Crippen molar-refractivity contribution in [3.05, 3.63) is 29.8 Å². The van der Waals surface area contributed by atoms with E-state index in [9.17, 15) is 5.11 Å². The first-order valence-corrected chi connectivity index (χ1v) is 6.91. The standard InChI is InChI=1S/C15H24N2O/c16-14-7-3-2-6-13(14)10-17-11-15(12-18)8-4-1-5-9-15/h2-3,6-7,17-18H,1,4-5,8-12,16H2. The Balaban J connectivity index is 1.85. The molecule has 1 aliphatic rings. The molecule has 0 spiro atoms. The van der Waals surface area contributed by atoms with Crippen LogP contribution in [-0.4, -0.2) is 18.3 Å². The number of rotatable bonds is 5. The van der Waals surface area contributed by atoms with Crippen LogP contribution in [0.1, 0.15) is 37.7 Å². The number of aliphatic hydroxyl groups is 1. The Morgan fingerprint density at radius 3 is 2.56 bits per heavy atom. The lowest BCUT2D eigenvalue weighted by atomic mass is 9.74. The van der Waals surface area contributed by atoms with Crippen molar-refractivity contribution in [3.8, 4) is 0 Å². The molecule has 100 valence electrons. The lowest BCUT2D eigenvalue weighted by Crippen LogP contribution is -2.38. The van der Waals surface area contributed by atoms with Gasteiger partial charge in [0.2, 0.25) is 0 Å². The molecule has 1 fully saturated rings. The molecule has 0 unspecified atom stereocenters. The van der Waals surface area contributed by atoms with Gasteiger partial charge in [0.25, 0.3) is 0 Å². The molecule has 1 aromatic rings. The molecule has 0 bridgehead atoms. The minimum Gasteiger partial charge on any atom is -0.398 e. The molecule has 18 heavy (non-hydrogen) atoms. The zero-order chi connectivity index (χ0) is 12.8. The van der Waals surface area contributed by atoms with Gasteiger partial charge in [0.15, 0.2) is 0 Å². The maximum Gasteiger partial charge on any atom is 0.0499 e. The van der Waals surface area contributed by atoms with E-state index in [2.05, 4.69) is 11.4 Å². The van der Waals surface area contributed by atoms with Crippen molar-refractivity contribution in [1.82, 2.24) is 5.32 Å². The van der Waals surface area contributed by atoms with E-state index >= 15 is 0 Å². The SMILES string of the molecule is Nc1ccccc1CNCC1(CO)CCCCC1. The van der Waals surface area contributed by atoms with Gasteiger partial charge >= 0.3 is 0 Å². The van der Waals surface area contributed by atoms with E-state index in [0.29, 0.717) is 6.61 Å². The number of nitrogens with one attached hydrogen (secondary N) is 1. The van der Waals surface area contributed by atoms with E-state index in [1.165, 1.54) is 19.3 Å². The summed E-state index contributed by atoms with van der Waals surface area (Å²) in [5.41, 5.74) is 7.99. The summed E-state index contributed by atoms with van der Waals surface area (Å²) < 4.78 is 0. The lowest BCUT2D eigenvalue weighted by molar-refractivity contribution is 0.0811. The Kier molecular flexibility index (Phi) is 4.61. The van der Waals surface area contributed by atoms with Crippen LogP contribution in [0.2, 0.25) is 0 Å². The van der Waals surface area contributed by atoms with E-state index in [1.807, 2.05) is 18.2 Å². The van der Waals surface area contributed by atoms with Gasteiger partial charge in [-0.2, -0.15) is 0 Å². The average molecular weight is 248 g/mol. The summed E-state index contributed by atoms with van der Waals surface area (Å²) >= 11 is 0. The molecule has 0 amide bonds. The van der Waals surface area contributed by atoms with E-state index in [-0.39, 0.29) is 5.41 Å². The first-order chi connectivity index (χ1) is 8.76. The summed E-state index contributed by atoms with van der Waals surface area (Å²) in [6.45, 7) is 1.97. The maximum absolute atomic E-state index is 9.63. The van der Waals surface area contributed by atoms with Gasteiger partial charge in [-0.3, -0.25) is 0 Å². The average Bonchev–Trinajstić information content (AvgIpc) is 2.42. The molecule has 1 saturated carbocycles. The molecular weight excluding hydrogens is 224 g/mol. The van der Waals surface area contributed by atoms with E-state index in [1.54, 1.807) is 0 Å². The number of hydrogen-bond acceptors (Lipinski definition) is 3. The van der Waals surface area contributed by atoms with Gasteiger partial charge in [-0.15, -0.1) is 0 Å². The summed E-state index contributed by atoms with van der Waals surface area (Å²) in [5.74, 6) is 0. The second kappa shape index (κ2) is 6.21. The van der Waals surface area contributed by atoms with Crippen LogP contribution in [0.15, 0.2) is 24.3 Å². The first kappa shape index (κ1) is 13.4. The van der Waals surface area contributed by atoms with Crippen molar-refractivity contribution in [3.63, 3.8) is 0 Å². The molecule has 3 heteroatoms. The van der Waals surface area contributed by atoms with E-state index in [4.69, 9.17) is 5.73 Å². The number of nitrogen functional groups attached to an aromatic ring is 1. The monoisotopic (exact) mass is 248 g/mol. The molecule has 1 aromatic carbocycles. The topological polar surface area (TPSA) is 58.3 Å². The van der Waals surface area contributed by atoms with E-state index in [0.717, 1.165) is 37.2 Å². The third kappa shape index (κ3) is 3.24.